The van der Waals surface area contributed by atoms with Crippen LogP contribution in [0.4, 0.5) is 4.39 Å². The van der Waals surface area contributed by atoms with Gasteiger partial charge in [-0.15, -0.1) is 11.3 Å². The molecule has 5 heteroatoms. The molecule has 0 fully saturated rings. The predicted octanol–water partition coefficient (Wildman–Crippen LogP) is 2.69. The molecule has 1 unspecified atom stereocenters. The average molecular weight is 302 g/mol. The number of halogens is 1. The zero-order valence-electron chi connectivity index (χ0n) is 11.5. The summed E-state index contributed by atoms with van der Waals surface area (Å²) in [6.45, 7) is 2.10. The lowest BCUT2D eigenvalue weighted by atomic mass is 10.1. The third-order valence-electron chi connectivity index (χ3n) is 2.84. The van der Waals surface area contributed by atoms with Crippen LogP contribution in [0.15, 0.2) is 36.4 Å². The highest BCUT2D eigenvalue weighted by atomic mass is 32.1. The van der Waals surface area contributed by atoms with Gasteiger partial charge in [0.2, 0.25) is 0 Å². The van der Waals surface area contributed by atoms with Gasteiger partial charge in [-0.25, -0.2) is 4.39 Å². The predicted molar refractivity (Wildman–Crippen MR) is 82.5 cm³/mol. The van der Waals surface area contributed by atoms with Crippen LogP contribution in [0.1, 0.15) is 33.1 Å². The molecule has 0 aliphatic rings. The number of hydrogen-bond donors (Lipinski definition) is 2. The Morgan fingerprint density at radius 3 is 2.95 bits per heavy atom. The van der Waals surface area contributed by atoms with Crippen LogP contribution in [-0.4, -0.2) is 12.5 Å². The van der Waals surface area contributed by atoms with E-state index in [0.717, 1.165) is 10.4 Å². The number of benzene rings is 1. The van der Waals surface area contributed by atoms with E-state index in [-0.39, 0.29) is 24.3 Å². The van der Waals surface area contributed by atoms with Crippen molar-refractivity contribution in [2.24, 2.45) is 5.73 Å². The SMILES string of the molecule is CC(NC(=O)c1ccc(C#CCN)s1)c1cccc(F)c1. The molecule has 0 spiro atoms. The fourth-order valence-corrected chi connectivity index (χ4v) is 2.58. The van der Waals surface area contributed by atoms with Gasteiger partial charge in [0.15, 0.2) is 0 Å². The van der Waals surface area contributed by atoms with Gasteiger partial charge in [0.1, 0.15) is 5.82 Å². The molecule has 108 valence electrons. The van der Waals surface area contributed by atoms with Crippen molar-refractivity contribution in [3.05, 3.63) is 57.5 Å². The largest absolute Gasteiger partial charge is 0.345 e. The molecule has 1 atom stereocenters. The molecule has 3 N–H and O–H groups in total. The van der Waals surface area contributed by atoms with Gasteiger partial charge < -0.3 is 11.1 Å². The van der Waals surface area contributed by atoms with Crippen molar-refractivity contribution in [1.29, 1.82) is 0 Å². The smallest absolute Gasteiger partial charge is 0.261 e. The summed E-state index contributed by atoms with van der Waals surface area (Å²) in [5, 5.41) is 2.84. The van der Waals surface area contributed by atoms with E-state index in [1.54, 1.807) is 24.3 Å². The Balaban J connectivity index is 2.05. The quantitative estimate of drug-likeness (QED) is 0.857. The van der Waals surface area contributed by atoms with E-state index in [1.165, 1.54) is 23.5 Å². The topological polar surface area (TPSA) is 55.1 Å². The zero-order valence-corrected chi connectivity index (χ0v) is 12.3. The first-order chi connectivity index (χ1) is 10.1. The van der Waals surface area contributed by atoms with Gasteiger partial charge >= 0.3 is 0 Å². The highest BCUT2D eigenvalue weighted by molar-refractivity contribution is 7.14. The first-order valence-electron chi connectivity index (χ1n) is 6.45. The molecule has 0 aliphatic heterocycles. The maximum atomic E-state index is 13.2. The molecular formula is C16H15FN2OS. The minimum atomic E-state index is -0.316. The Morgan fingerprint density at radius 2 is 2.24 bits per heavy atom. The molecule has 0 saturated carbocycles. The summed E-state index contributed by atoms with van der Waals surface area (Å²) in [7, 11) is 0. The zero-order chi connectivity index (χ0) is 15.2. The fraction of sp³-hybridized carbons (Fsp3) is 0.188. The van der Waals surface area contributed by atoms with Gasteiger partial charge in [0.25, 0.3) is 5.91 Å². The first kappa shape index (κ1) is 15.2. The minimum Gasteiger partial charge on any atom is -0.345 e. The maximum absolute atomic E-state index is 13.2. The van der Waals surface area contributed by atoms with Gasteiger partial charge in [-0.05, 0) is 36.8 Å². The summed E-state index contributed by atoms with van der Waals surface area (Å²) in [5.74, 6) is 5.12. The molecule has 0 bridgehead atoms. The van der Waals surface area contributed by atoms with Gasteiger partial charge in [0.05, 0.1) is 22.3 Å². The highest BCUT2D eigenvalue weighted by Crippen LogP contribution is 2.18. The molecule has 1 amide bonds. The molecule has 0 saturated heterocycles. The third kappa shape index (κ3) is 4.15. The van der Waals surface area contributed by atoms with Gasteiger partial charge in [-0.3, -0.25) is 4.79 Å². The van der Waals surface area contributed by atoms with E-state index in [4.69, 9.17) is 5.73 Å². The molecule has 2 aromatic rings. The lowest BCUT2D eigenvalue weighted by Gasteiger charge is -2.13. The normalized spacial score (nSPS) is 11.4. The average Bonchev–Trinajstić information content (AvgIpc) is 2.94. The standard InChI is InChI=1S/C16H15FN2OS/c1-11(12-4-2-5-13(17)10-12)19-16(20)15-8-7-14(21-15)6-3-9-18/h2,4-5,7-8,10-11H,9,18H2,1H3,(H,19,20). The van der Waals surface area contributed by atoms with Crippen LogP contribution in [-0.2, 0) is 0 Å². The van der Waals surface area contributed by atoms with Crippen LogP contribution >= 0.6 is 11.3 Å². The number of thiophene rings is 1. The van der Waals surface area contributed by atoms with Crippen molar-refractivity contribution >= 4 is 17.2 Å². The molecule has 1 aromatic heterocycles. The molecule has 1 heterocycles. The Hall–Kier alpha value is -2.16. The van der Waals surface area contributed by atoms with Crippen molar-refractivity contribution in [1.82, 2.24) is 5.32 Å². The van der Waals surface area contributed by atoms with E-state index >= 15 is 0 Å². The number of nitrogens with one attached hydrogen (secondary N) is 1. The lowest BCUT2D eigenvalue weighted by molar-refractivity contribution is 0.0944. The molecule has 3 nitrogen and oxygen atoms in total. The van der Waals surface area contributed by atoms with Crippen molar-refractivity contribution in [3.8, 4) is 11.8 Å². The van der Waals surface area contributed by atoms with E-state index in [0.29, 0.717) is 4.88 Å². The van der Waals surface area contributed by atoms with Crippen LogP contribution in [0, 0.1) is 17.7 Å². The monoisotopic (exact) mass is 302 g/mol. The summed E-state index contributed by atoms with van der Waals surface area (Å²) in [4.78, 5) is 13.5. The van der Waals surface area contributed by atoms with Crippen LogP contribution in [0.3, 0.4) is 0 Å². The minimum absolute atomic E-state index is 0.197. The van der Waals surface area contributed by atoms with Crippen molar-refractivity contribution in [2.75, 3.05) is 6.54 Å². The summed E-state index contributed by atoms with van der Waals surface area (Å²) in [6.07, 6.45) is 0. The van der Waals surface area contributed by atoms with Crippen LogP contribution in [0.5, 0.6) is 0 Å². The highest BCUT2D eigenvalue weighted by Gasteiger charge is 2.13. The molecule has 21 heavy (non-hydrogen) atoms. The van der Waals surface area contributed by atoms with Gasteiger partial charge in [0, 0.05) is 0 Å². The number of rotatable bonds is 3. The summed E-state index contributed by atoms with van der Waals surface area (Å²) in [6, 6.07) is 9.43. The Morgan fingerprint density at radius 1 is 1.43 bits per heavy atom. The molecule has 1 aromatic carbocycles. The summed E-state index contributed by atoms with van der Waals surface area (Å²) < 4.78 is 13.2. The molecular weight excluding hydrogens is 287 g/mol. The van der Waals surface area contributed by atoms with Crippen LogP contribution < -0.4 is 11.1 Å². The maximum Gasteiger partial charge on any atom is 0.261 e. The number of nitrogens with two attached hydrogens (primary N) is 1. The van der Waals surface area contributed by atoms with Gasteiger partial charge in [-0.1, -0.05) is 24.0 Å². The number of amides is 1. The molecule has 0 aliphatic carbocycles. The molecule has 2 rings (SSSR count). The van der Waals surface area contributed by atoms with Crippen LogP contribution in [0.2, 0.25) is 0 Å². The van der Waals surface area contributed by atoms with Crippen LogP contribution in [0.25, 0.3) is 0 Å². The van der Waals surface area contributed by atoms with E-state index in [1.807, 2.05) is 6.92 Å². The number of hydrogen-bond acceptors (Lipinski definition) is 3. The van der Waals surface area contributed by atoms with E-state index in [2.05, 4.69) is 17.2 Å². The number of carbonyl (C=O) groups is 1. The second kappa shape index (κ2) is 7.02. The van der Waals surface area contributed by atoms with Crippen molar-refractivity contribution in [3.63, 3.8) is 0 Å². The number of carbonyl (C=O) groups excluding carboxylic acids is 1. The lowest BCUT2D eigenvalue weighted by Crippen LogP contribution is -2.25. The van der Waals surface area contributed by atoms with Crippen molar-refractivity contribution in [2.45, 2.75) is 13.0 Å². The Bertz CT molecular complexity index is 700. The van der Waals surface area contributed by atoms with Gasteiger partial charge in [-0.2, -0.15) is 0 Å². The van der Waals surface area contributed by atoms with E-state index in [9.17, 15) is 9.18 Å². The summed E-state index contributed by atoms with van der Waals surface area (Å²) >= 11 is 1.31. The molecule has 0 radical (unpaired) electrons. The Kier molecular flexibility index (Phi) is 5.09. The fourth-order valence-electron chi connectivity index (χ4n) is 1.79. The van der Waals surface area contributed by atoms with E-state index < -0.39 is 0 Å². The second-order valence-corrected chi connectivity index (χ2v) is 5.50. The first-order valence-corrected chi connectivity index (χ1v) is 7.27. The van der Waals surface area contributed by atoms with Crippen molar-refractivity contribution < 1.29 is 9.18 Å². The second-order valence-electron chi connectivity index (χ2n) is 4.42. The summed E-state index contributed by atoms with van der Waals surface area (Å²) in [5.41, 5.74) is 6.03. The third-order valence-corrected chi connectivity index (χ3v) is 3.84. The Labute approximate surface area is 127 Å².